The molecule has 0 aromatic heterocycles. The summed E-state index contributed by atoms with van der Waals surface area (Å²) in [4.78, 5) is 5.08. The number of benzene rings is 1. The third-order valence-corrected chi connectivity index (χ3v) is 1.91. The second-order valence-corrected chi connectivity index (χ2v) is 3.09. The van der Waals surface area contributed by atoms with E-state index < -0.39 is 0 Å². The van der Waals surface area contributed by atoms with Crippen molar-refractivity contribution in [3.05, 3.63) is 18.2 Å². The first-order chi connectivity index (χ1) is 7.41. The molecule has 86 valence electrons. The Kier molecular flexibility index (Phi) is 3.19. The molecule has 1 aromatic carbocycles. The van der Waals surface area contributed by atoms with E-state index in [2.05, 4.69) is 4.99 Å². The van der Waals surface area contributed by atoms with E-state index in [1.165, 1.54) is 30.1 Å². The summed E-state index contributed by atoms with van der Waals surface area (Å²) in [5, 5.41) is 25.4. The minimum atomic E-state index is -0.292. The second kappa shape index (κ2) is 4.39. The SMILES string of the molecule is CN(C(=N)N)C(N)=Nc1ccc(O)c(O)c1. The van der Waals surface area contributed by atoms with Gasteiger partial charge in [-0.1, -0.05) is 0 Å². The van der Waals surface area contributed by atoms with Crippen molar-refractivity contribution < 1.29 is 10.2 Å². The standard InChI is InChI=1S/C9H13N5O2/c1-14(8(10)11)9(12)13-5-2-3-6(15)7(16)4-5/h2-4,15-16H,1H3,(H3,10,11)(H2,12,13). The van der Waals surface area contributed by atoms with Crippen molar-refractivity contribution in [3.63, 3.8) is 0 Å². The fourth-order valence-corrected chi connectivity index (χ4v) is 0.912. The number of rotatable bonds is 1. The van der Waals surface area contributed by atoms with Crippen LogP contribution in [0.5, 0.6) is 11.5 Å². The maximum atomic E-state index is 9.22. The molecule has 0 unspecified atom stereocenters. The fourth-order valence-electron chi connectivity index (χ4n) is 0.912. The predicted octanol–water partition coefficient (Wildman–Crippen LogP) is -0.131. The first kappa shape index (κ1) is 11.6. The molecule has 0 spiro atoms. The van der Waals surface area contributed by atoms with Crippen LogP contribution in [0.3, 0.4) is 0 Å². The number of phenols is 2. The molecule has 0 heterocycles. The monoisotopic (exact) mass is 223 g/mol. The summed E-state index contributed by atoms with van der Waals surface area (Å²) in [6, 6.07) is 4.00. The van der Waals surface area contributed by atoms with Crippen LogP contribution in [-0.4, -0.2) is 34.1 Å². The molecule has 0 aliphatic heterocycles. The van der Waals surface area contributed by atoms with E-state index in [4.69, 9.17) is 22.0 Å². The zero-order valence-corrected chi connectivity index (χ0v) is 8.68. The molecule has 7 nitrogen and oxygen atoms in total. The zero-order valence-electron chi connectivity index (χ0n) is 8.68. The van der Waals surface area contributed by atoms with Gasteiger partial charge in [-0.25, -0.2) is 4.99 Å². The number of phenolic OH excluding ortho intramolecular Hbond substituents is 2. The van der Waals surface area contributed by atoms with Gasteiger partial charge < -0.3 is 21.7 Å². The molecular weight excluding hydrogens is 210 g/mol. The van der Waals surface area contributed by atoms with E-state index >= 15 is 0 Å². The fraction of sp³-hybridized carbons (Fsp3) is 0.111. The number of hydrogen-bond donors (Lipinski definition) is 5. The number of nitrogens with one attached hydrogen (secondary N) is 1. The van der Waals surface area contributed by atoms with Crippen LogP contribution < -0.4 is 11.5 Å². The summed E-state index contributed by atoms with van der Waals surface area (Å²) in [5.41, 5.74) is 11.1. The highest BCUT2D eigenvalue weighted by Gasteiger charge is 2.05. The molecule has 0 amide bonds. The van der Waals surface area contributed by atoms with Gasteiger partial charge in [0.15, 0.2) is 17.5 Å². The Morgan fingerprint density at radius 3 is 2.44 bits per heavy atom. The van der Waals surface area contributed by atoms with Crippen molar-refractivity contribution >= 4 is 17.6 Å². The normalized spacial score (nSPS) is 11.2. The van der Waals surface area contributed by atoms with Gasteiger partial charge in [-0.2, -0.15) is 0 Å². The molecule has 7 heteroatoms. The number of aromatic hydroxyl groups is 2. The lowest BCUT2D eigenvalue weighted by Gasteiger charge is -2.14. The topological polar surface area (TPSA) is 132 Å². The summed E-state index contributed by atoms with van der Waals surface area (Å²) < 4.78 is 0. The van der Waals surface area contributed by atoms with E-state index in [0.717, 1.165) is 0 Å². The summed E-state index contributed by atoms with van der Waals surface area (Å²) in [5.74, 6) is -0.765. The highest BCUT2D eigenvalue weighted by atomic mass is 16.3. The number of aliphatic imine (C=N–C) groups is 1. The van der Waals surface area contributed by atoms with Crippen LogP contribution in [0, 0.1) is 5.41 Å². The maximum absolute atomic E-state index is 9.22. The Bertz CT molecular complexity index is 444. The van der Waals surface area contributed by atoms with Gasteiger partial charge in [0.05, 0.1) is 5.69 Å². The van der Waals surface area contributed by atoms with Crippen LogP contribution in [0.4, 0.5) is 5.69 Å². The highest BCUT2D eigenvalue weighted by molar-refractivity contribution is 5.96. The van der Waals surface area contributed by atoms with Crippen molar-refractivity contribution in [1.82, 2.24) is 4.90 Å². The van der Waals surface area contributed by atoms with Crippen LogP contribution in [0.15, 0.2) is 23.2 Å². The molecule has 7 N–H and O–H groups in total. The molecular formula is C9H13N5O2. The third-order valence-electron chi connectivity index (χ3n) is 1.91. The molecule has 0 saturated carbocycles. The molecule has 0 fully saturated rings. The predicted molar refractivity (Wildman–Crippen MR) is 60.7 cm³/mol. The number of nitrogens with two attached hydrogens (primary N) is 2. The van der Waals surface area contributed by atoms with E-state index in [1.54, 1.807) is 0 Å². The maximum Gasteiger partial charge on any atom is 0.203 e. The average molecular weight is 223 g/mol. The van der Waals surface area contributed by atoms with Gasteiger partial charge in [-0.3, -0.25) is 10.3 Å². The Hall–Kier alpha value is -2.44. The number of guanidine groups is 2. The Morgan fingerprint density at radius 2 is 1.94 bits per heavy atom. The first-order valence-electron chi connectivity index (χ1n) is 4.35. The second-order valence-electron chi connectivity index (χ2n) is 3.09. The molecule has 16 heavy (non-hydrogen) atoms. The van der Waals surface area contributed by atoms with E-state index in [9.17, 15) is 5.11 Å². The molecule has 1 rings (SSSR count). The minimum Gasteiger partial charge on any atom is -0.504 e. The first-order valence-corrected chi connectivity index (χ1v) is 4.35. The molecule has 0 aliphatic carbocycles. The van der Waals surface area contributed by atoms with E-state index in [-0.39, 0.29) is 23.4 Å². The van der Waals surface area contributed by atoms with Gasteiger partial charge in [0.25, 0.3) is 0 Å². The smallest absolute Gasteiger partial charge is 0.203 e. The molecule has 0 atom stereocenters. The van der Waals surface area contributed by atoms with Crippen LogP contribution in [-0.2, 0) is 0 Å². The van der Waals surface area contributed by atoms with Crippen molar-refractivity contribution in [2.75, 3.05) is 7.05 Å². The number of hydrogen-bond acceptors (Lipinski definition) is 4. The van der Waals surface area contributed by atoms with Gasteiger partial charge in [0.1, 0.15) is 0 Å². The van der Waals surface area contributed by atoms with Gasteiger partial charge in [-0.05, 0) is 12.1 Å². The van der Waals surface area contributed by atoms with Crippen LogP contribution in [0.1, 0.15) is 0 Å². The van der Waals surface area contributed by atoms with E-state index in [1.807, 2.05) is 0 Å². The van der Waals surface area contributed by atoms with Crippen molar-refractivity contribution in [3.8, 4) is 11.5 Å². The largest absolute Gasteiger partial charge is 0.504 e. The summed E-state index contributed by atoms with van der Waals surface area (Å²) >= 11 is 0. The van der Waals surface area contributed by atoms with Crippen molar-refractivity contribution in [2.24, 2.45) is 16.5 Å². The Balaban J connectivity index is 2.98. The van der Waals surface area contributed by atoms with Crippen molar-refractivity contribution in [1.29, 1.82) is 5.41 Å². The molecule has 1 aromatic rings. The van der Waals surface area contributed by atoms with Crippen molar-refractivity contribution in [2.45, 2.75) is 0 Å². The Labute approximate surface area is 92.1 Å². The van der Waals surface area contributed by atoms with Gasteiger partial charge in [-0.15, -0.1) is 0 Å². The molecule has 0 bridgehead atoms. The third kappa shape index (κ3) is 2.53. The van der Waals surface area contributed by atoms with Gasteiger partial charge in [0.2, 0.25) is 5.96 Å². The lowest BCUT2D eigenvalue weighted by atomic mass is 10.3. The quantitative estimate of drug-likeness (QED) is 0.257. The lowest BCUT2D eigenvalue weighted by Crippen LogP contribution is -2.42. The highest BCUT2D eigenvalue weighted by Crippen LogP contribution is 2.28. The molecule has 0 radical (unpaired) electrons. The van der Waals surface area contributed by atoms with Crippen LogP contribution >= 0.6 is 0 Å². The summed E-state index contributed by atoms with van der Waals surface area (Å²) in [6.45, 7) is 0. The zero-order chi connectivity index (χ0) is 12.3. The number of nitrogens with zero attached hydrogens (tertiary/aromatic N) is 2. The van der Waals surface area contributed by atoms with Gasteiger partial charge >= 0.3 is 0 Å². The molecule has 0 aliphatic rings. The van der Waals surface area contributed by atoms with E-state index in [0.29, 0.717) is 5.69 Å². The van der Waals surface area contributed by atoms with Crippen LogP contribution in [0.2, 0.25) is 0 Å². The van der Waals surface area contributed by atoms with Crippen LogP contribution in [0.25, 0.3) is 0 Å². The summed E-state index contributed by atoms with van der Waals surface area (Å²) in [6.07, 6.45) is 0. The lowest BCUT2D eigenvalue weighted by molar-refractivity contribution is 0.404. The Morgan fingerprint density at radius 1 is 1.31 bits per heavy atom. The van der Waals surface area contributed by atoms with Gasteiger partial charge in [0, 0.05) is 13.1 Å². The average Bonchev–Trinajstić information content (AvgIpc) is 2.22. The molecule has 0 saturated heterocycles. The minimum absolute atomic E-state index is 0.0117. The summed E-state index contributed by atoms with van der Waals surface area (Å²) in [7, 11) is 1.49.